The second kappa shape index (κ2) is 6.61. The van der Waals surface area contributed by atoms with Gasteiger partial charge in [0.1, 0.15) is 0 Å². The van der Waals surface area contributed by atoms with Crippen LogP contribution in [0.15, 0.2) is 0 Å². The molecule has 3 unspecified atom stereocenters. The van der Waals surface area contributed by atoms with Gasteiger partial charge in [-0.05, 0) is 52.4 Å². The van der Waals surface area contributed by atoms with Gasteiger partial charge in [-0.2, -0.15) is 0 Å². The van der Waals surface area contributed by atoms with Crippen LogP contribution >= 0.6 is 0 Å². The van der Waals surface area contributed by atoms with E-state index in [0.717, 1.165) is 5.92 Å². The molecule has 1 rings (SSSR count). The molecule has 16 heavy (non-hydrogen) atoms. The summed E-state index contributed by atoms with van der Waals surface area (Å²) in [7, 11) is 0. The predicted molar refractivity (Wildman–Crippen MR) is 71.3 cm³/mol. The molecular formula is C14H30N2. The van der Waals surface area contributed by atoms with E-state index in [1.807, 2.05) is 0 Å². The molecule has 0 aromatic heterocycles. The first-order chi connectivity index (χ1) is 7.50. The predicted octanol–water partition coefficient (Wildman–Crippen LogP) is 3.58. The van der Waals surface area contributed by atoms with Gasteiger partial charge < -0.3 is 0 Å². The van der Waals surface area contributed by atoms with Crippen LogP contribution in [0.4, 0.5) is 0 Å². The van der Waals surface area contributed by atoms with E-state index in [1.54, 1.807) is 0 Å². The third-order valence-electron chi connectivity index (χ3n) is 3.74. The Bertz CT molecular complexity index is 181. The smallest absolute Gasteiger partial charge is 0.0218 e. The molecule has 2 heteroatoms. The van der Waals surface area contributed by atoms with E-state index in [2.05, 4.69) is 45.1 Å². The number of piperidine rings is 1. The highest BCUT2D eigenvalue weighted by molar-refractivity contribution is 4.78. The maximum atomic E-state index is 3.71. The van der Waals surface area contributed by atoms with E-state index in [1.165, 1.54) is 32.1 Å². The van der Waals surface area contributed by atoms with Gasteiger partial charge in [0.15, 0.2) is 0 Å². The lowest BCUT2D eigenvalue weighted by molar-refractivity contribution is 0.0302. The van der Waals surface area contributed by atoms with E-state index < -0.39 is 0 Å². The normalized spacial score (nSPS) is 29.6. The first-order valence-electron chi connectivity index (χ1n) is 7.05. The van der Waals surface area contributed by atoms with Crippen molar-refractivity contribution in [3.05, 3.63) is 0 Å². The third-order valence-corrected chi connectivity index (χ3v) is 3.74. The molecular weight excluding hydrogens is 196 g/mol. The topological polar surface area (TPSA) is 15.3 Å². The Balaban J connectivity index is 2.33. The van der Waals surface area contributed by atoms with Crippen molar-refractivity contribution in [2.24, 2.45) is 5.92 Å². The van der Waals surface area contributed by atoms with Gasteiger partial charge in [0.25, 0.3) is 0 Å². The molecule has 0 aliphatic carbocycles. The van der Waals surface area contributed by atoms with E-state index in [9.17, 15) is 0 Å². The Hall–Kier alpha value is -0.0800. The Morgan fingerprint density at radius 1 is 1.06 bits per heavy atom. The van der Waals surface area contributed by atoms with Crippen molar-refractivity contribution in [2.45, 2.75) is 84.8 Å². The number of nitrogens with zero attached hydrogens (tertiary/aromatic N) is 1. The van der Waals surface area contributed by atoms with E-state index >= 15 is 0 Å². The Labute approximate surface area is 102 Å². The summed E-state index contributed by atoms with van der Waals surface area (Å²) < 4.78 is 0. The first-order valence-corrected chi connectivity index (χ1v) is 7.05. The van der Waals surface area contributed by atoms with Crippen molar-refractivity contribution in [2.75, 3.05) is 0 Å². The maximum Gasteiger partial charge on any atom is 0.0218 e. The van der Waals surface area contributed by atoms with Gasteiger partial charge in [0, 0.05) is 18.1 Å². The Morgan fingerprint density at radius 3 is 2.12 bits per heavy atom. The molecule has 2 nitrogen and oxygen atoms in total. The lowest BCUT2D eigenvalue weighted by atomic mass is 9.99. The molecule has 0 spiro atoms. The first kappa shape index (κ1) is 14.0. The number of nitrogens with one attached hydrogen (secondary N) is 1. The van der Waals surface area contributed by atoms with Crippen LogP contribution in [0.25, 0.3) is 0 Å². The zero-order valence-electron chi connectivity index (χ0n) is 11.8. The van der Waals surface area contributed by atoms with Gasteiger partial charge in [0.2, 0.25) is 0 Å². The van der Waals surface area contributed by atoms with Gasteiger partial charge in [-0.15, -0.1) is 0 Å². The minimum Gasteiger partial charge on any atom is -0.252 e. The summed E-state index contributed by atoms with van der Waals surface area (Å²) >= 11 is 0. The summed E-state index contributed by atoms with van der Waals surface area (Å²) in [6, 6.07) is 2.01. The average Bonchev–Trinajstić information content (AvgIpc) is 2.21. The highest BCUT2D eigenvalue weighted by Crippen LogP contribution is 2.21. The van der Waals surface area contributed by atoms with E-state index in [0.29, 0.717) is 18.1 Å². The molecule has 96 valence electrons. The molecule has 0 aromatic carbocycles. The van der Waals surface area contributed by atoms with E-state index in [4.69, 9.17) is 0 Å². The van der Waals surface area contributed by atoms with Gasteiger partial charge in [-0.25, -0.2) is 5.01 Å². The van der Waals surface area contributed by atoms with Gasteiger partial charge in [-0.1, -0.05) is 20.3 Å². The molecule has 1 heterocycles. The fourth-order valence-electron chi connectivity index (χ4n) is 2.58. The minimum atomic E-state index is 0.616. The second-order valence-electron chi connectivity index (χ2n) is 6.04. The maximum absolute atomic E-state index is 3.71. The summed E-state index contributed by atoms with van der Waals surface area (Å²) in [6.45, 7) is 11.6. The van der Waals surface area contributed by atoms with Crippen LogP contribution in [0.3, 0.4) is 0 Å². The number of hydrogen-bond acceptors (Lipinski definition) is 2. The lowest BCUT2D eigenvalue weighted by Crippen LogP contribution is -2.54. The molecule has 1 fully saturated rings. The summed E-state index contributed by atoms with van der Waals surface area (Å²) in [5.41, 5.74) is 3.71. The Kier molecular flexibility index (Phi) is 5.77. The van der Waals surface area contributed by atoms with Crippen LogP contribution in [-0.2, 0) is 0 Å². The standard InChI is InChI=1S/C14H30N2/c1-11(2)9-10-12(3)15-16-13(4)7-6-8-14(16)5/h11-15H,6-10H2,1-5H3. The molecule has 0 amide bonds. The molecule has 1 aliphatic rings. The number of rotatable bonds is 5. The van der Waals surface area contributed by atoms with Crippen LogP contribution < -0.4 is 5.43 Å². The second-order valence-corrected chi connectivity index (χ2v) is 6.04. The summed E-state index contributed by atoms with van der Waals surface area (Å²) in [5, 5.41) is 2.49. The van der Waals surface area contributed by atoms with Gasteiger partial charge >= 0.3 is 0 Å². The van der Waals surface area contributed by atoms with Crippen molar-refractivity contribution >= 4 is 0 Å². The van der Waals surface area contributed by atoms with E-state index in [-0.39, 0.29) is 0 Å². The third kappa shape index (κ3) is 4.42. The molecule has 0 aromatic rings. The fourth-order valence-corrected chi connectivity index (χ4v) is 2.58. The molecule has 0 saturated carbocycles. The molecule has 1 aliphatic heterocycles. The zero-order valence-corrected chi connectivity index (χ0v) is 11.8. The fraction of sp³-hybridized carbons (Fsp3) is 1.00. The summed E-state index contributed by atoms with van der Waals surface area (Å²) in [4.78, 5) is 0. The monoisotopic (exact) mass is 226 g/mol. The van der Waals surface area contributed by atoms with Crippen molar-refractivity contribution in [1.82, 2.24) is 10.4 Å². The number of hydrogen-bond donors (Lipinski definition) is 1. The van der Waals surface area contributed by atoms with Crippen LogP contribution in [-0.4, -0.2) is 23.1 Å². The largest absolute Gasteiger partial charge is 0.252 e. The van der Waals surface area contributed by atoms with Gasteiger partial charge in [-0.3, -0.25) is 5.43 Å². The Morgan fingerprint density at radius 2 is 1.62 bits per heavy atom. The summed E-state index contributed by atoms with van der Waals surface area (Å²) in [6.07, 6.45) is 6.68. The van der Waals surface area contributed by atoms with Crippen LogP contribution in [0.5, 0.6) is 0 Å². The molecule has 1 saturated heterocycles. The highest BCUT2D eigenvalue weighted by Gasteiger charge is 2.25. The van der Waals surface area contributed by atoms with Crippen LogP contribution in [0.1, 0.15) is 66.7 Å². The SMILES string of the molecule is CC(C)CCC(C)NN1C(C)CCCC1C. The van der Waals surface area contributed by atoms with Gasteiger partial charge in [0.05, 0.1) is 0 Å². The molecule has 0 radical (unpaired) electrons. The van der Waals surface area contributed by atoms with Crippen molar-refractivity contribution in [3.63, 3.8) is 0 Å². The highest BCUT2D eigenvalue weighted by atomic mass is 15.5. The number of hydrazine groups is 1. The van der Waals surface area contributed by atoms with Crippen molar-refractivity contribution in [3.8, 4) is 0 Å². The van der Waals surface area contributed by atoms with Crippen LogP contribution in [0, 0.1) is 5.92 Å². The lowest BCUT2D eigenvalue weighted by Gasteiger charge is -2.41. The zero-order chi connectivity index (χ0) is 12.1. The van der Waals surface area contributed by atoms with Crippen molar-refractivity contribution in [1.29, 1.82) is 0 Å². The average molecular weight is 226 g/mol. The molecule has 3 atom stereocenters. The van der Waals surface area contributed by atoms with Crippen molar-refractivity contribution < 1.29 is 0 Å². The quantitative estimate of drug-likeness (QED) is 0.771. The van der Waals surface area contributed by atoms with Crippen LogP contribution in [0.2, 0.25) is 0 Å². The molecule has 0 bridgehead atoms. The summed E-state index contributed by atoms with van der Waals surface area (Å²) in [5.74, 6) is 0.820. The minimum absolute atomic E-state index is 0.616. The molecule has 1 N–H and O–H groups in total.